The lowest BCUT2D eigenvalue weighted by Gasteiger charge is -2.31. The second-order valence-electron chi connectivity index (χ2n) is 8.24. The van der Waals surface area contributed by atoms with Crippen LogP contribution in [0.3, 0.4) is 0 Å². The number of hydrogen-bond acceptors (Lipinski definition) is 5. The molecule has 166 valence electrons. The molecule has 0 saturated carbocycles. The lowest BCUT2D eigenvalue weighted by molar-refractivity contribution is 0.594. The lowest BCUT2D eigenvalue weighted by Crippen LogP contribution is -2.41. The zero-order valence-corrected chi connectivity index (χ0v) is 20.0. The standard InChI is InChI=1S/C25H22ClN5OS/c1-15-8-21(33-13-15)19-10-23(32)31(3)24-20(19)9-17(11-29-24)25(27,22-12-28-14-30(22)2)16-4-6-18(26)7-5-16/h4-14H,27H2,1-3H3. The van der Waals surface area contributed by atoms with Crippen molar-refractivity contribution in [3.05, 3.63) is 104 Å². The van der Waals surface area contributed by atoms with Crippen molar-refractivity contribution in [3.63, 3.8) is 0 Å². The molecule has 33 heavy (non-hydrogen) atoms. The number of thiophene rings is 1. The molecule has 8 heteroatoms. The van der Waals surface area contributed by atoms with Crippen LogP contribution in [0, 0.1) is 6.92 Å². The molecule has 0 amide bonds. The fraction of sp³-hybridized carbons (Fsp3) is 0.160. The maximum Gasteiger partial charge on any atom is 0.252 e. The highest BCUT2D eigenvalue weighted by Gasteiger charge is 2.35. The summed E-state index contributed by atoms with van der Waals surface area (Å²) in [6, 6.07) is 13.3. The number of halogens is 1. The number of benzene rings is 1. The Balaban J connectivity index is 1.83. The number of aryl methyl sites for hydroxylation is 3. The Kier molecular flexibility index (Phi) is 5.20. The summed E-state index contributed by atoms with van der Waals surface area (Å²) in [7, 11) is 3.65. The van der Waals surface area contributed by atoms with Gasteiger partial charge in [0, 0.05) is 52.8 Å². The maximum absolute atomic E-state index is 12.7. The van der Waals surface area contributed by atoms with Crippen LogP contribution in [0.2, 0.25) is 5.02 Å². The molecular formula is C25H22ClN5OS. The highest BCUT2D eigenvalue weighted by molar-refractivity contribution is 7.13. The number of pyridine rings is 2. The minimum atomic E-state index is -1.03. The average molecular weight is 476 g/mol. The number of rotatable bonds is 4. The van der Waals surface area contributed by atoms with E-state index < -0.39 is 5.54 Å². The smallest absolute Gasteiger partial charge is 0.252 e. The second kappa shape index (κ2) is 7.95. The molecule has 0 aliphatic carbocycles. The van der Waals surface area contributed by atoms with Gasteiger partial charge < -0.3 is 10.3 Å². The van der Waals surface area contributed by atoms with Crippen LogP contribution in [0.4, 0.5) is 0 Å². The Hall–Kier alpha value is -3.26. The summed E-state index contributed by atoms with van der Waals surface area (Å²) in [5, 5.41) is 3.57. The fourth-order valence-corrected chi connectivity index (χ4v) is 5.29. The minimum absolute atomic E-state index is 0.104. The Morgan fingerprint density at radius 1 is 1.06 bits per heavy atom. The van der Waals surface area contributed by atoms with Crippen LogP contribution in [-0.4, -0.2) is 19.1 Å². The first-order valence-electron chi connectivity index (χ1n) is 10.4. The molecule has 2 N–H and O–H groups in total. The van der Waals surface area contributed by atoms with Crippen molar-refractivity contribution in [2.75, 3.05) is 0 Å². The van der Waals surface area contributed by atoms with Crippen molar-refractivity contribution in [2.24, 2.45) is 19.8 Å². The number of hydrogen-bond donors (Lipinski definition) is 1. The number of fused-ring (bicyclic) bond motifs is 1. The molecule has 0 fully saturated rings. The van der Waals surface area contributed by atoms with Crippen LogP contribution in [0.25, 0.3) is 21.5 Å². The van der Waals surface area contributed by atoms with Crippen molar-refractivity contribution < 1.29 is 0 Å². The zero-order valence-electron chi connectivity index (χ0n) is 18.4. The third-order valence-electron chi connectivity index (χ3n) is 6.04. The van der Waals surface area contributed by atoms with E-state index >= 15 is 0 Å². The molecule has 5 aromatic rings. The van der Waals surface area contributed by atoms with E-state index in [1.807, 2.05) is 48.9 Å². The molecule has 1 aromatic carbocycles. The SMILES string of the molecule is Cc1csc(-c2cc(=O)n(C)c3ncc(C(N)(c4ccc(Cl)cc4)c4cncn4C)cc23)c1. The molecule has 0 radical (unpaired) electrons. The molecule has 1 unspecified atom stereocenters. The molecule has 6 nitrogen and oxygen atoms in total. The summed E-state index contributed by atoms with van der Waals surface area (Å²) in [6.07, 6.45) is 5.24. The van der Waals surface area contributed by atoms with Crippen LogP contribution in [-0.2, 0) is 19.6 Å². The number of imidazole rings is 1. The monoisotopic (exact) mass is 475 g/mol. The van der Waals surface area contributed by atoms with Gasteiger partial charge in [-0.1, -0.05) is 23.7 Å². The molecular weight excluding hydrogens is 454 g/mol. The lowest BCUT2D eigenvalue weighted by atomic mass is 9.81. The van der Waals surface area contributed by atoms with Crippen LogP contribution in [0.15, 0.2) is 71.4 Å². The maximum atomic E-state index is 12.7. The summed E-state index contributed by atoms with van der Waals surface area (Å²) >= 11 is 7.77. The summed E-state index contributed by atoms with van der Waals surface area (Å²) in [5.74, 6) is 0. The van der Waals surface area contributed by atoms with Gasteiger partial charge in [0.25, 0.3) is 5.56 Å². The van der Waals surface area contributed by atoms with E-state index in [9.17, 15) is 4.79 Å². The quantitative estimate of drug-likeness (QED) is 0.411. The second-order valence-corrected chi connectivity index (χ2v) is 9.59. The van der Waals surface area contributed by atoms with Crippen molar-refractivity contribution in [2.45, 2.75) is 12.5 Å². The van der Waals surface area contributed by atoms with E-state index in [0.29, 0.717) is 10.7 Å². The molecule has 0 aliphatic heterocycles. The van der Waals surface area contributed by atoms with E-state index in [2.05, 4.69) is 16.4 Å². The topological polar surface area (TPSA) is 78.7 Å². The summed E-state index contributed by atoms with van der Waals surface area (Å²) in [4.78, 5) is 22.7. The third kappa shape index (κ3) is 3.49. The third-order valence-corrected chi connectivity index (χ3v) is 7.38. The first-order valence-corrected chi connectivity index (χ1v) is 11.6. The normalized spacial score (nSPS) is 13.4. The van der Waals surface area contributed by atoms with Gasteiger partial charge >= 0.3 is 0 Å². The van der Waals surface area contributed by atoms with Gasteiger partial charge in [-0.25, -0.2) is 9.97 Å². The predicted molar refractivity (Wildman–Crippen MR) is 134 cm³/mol. The van der Waals surface area contributed by atoms with E-state index in [-0.39, 0.29) is 5.56 Å². The minimum Gasteiger partial charge on any atom is -0.336 e. The predicted octanol–water partition coefficient (Wildman–Crippen LogP) is 4.61. The Bertz CT molecular complexity index is 1550. The Morgan fingerprint density at radius 3 is 2.45 bits per heavy atom. The molecule has 4 heterocycles. The largest absolute Gasteiger partial charge is 0.336 e. The number of nitrogens with two attached hydrogens (primary N) is 1. The van der Waals surface area contributed by atoms with Crippen LogP contribution < -0.4 is 11.3 Å². The van der Waals surface area contributed by atoms with E-state index in [1.54, 1.807) is 47.7 Å². The van der Waals surface area contributed by atoms with Crippen LogP contribution >= 0.6 is 22.9 Å². The summed E-state index contributed by atoms with van der Waals surface area (Å²) < 4.78 is 3.47. The summed E-state index contributed by atoms with van der Waals surface area (Å²) in [5.41, 5.74) is 11.1. The Morgan fingerprint density at radius 2 is 1.82 bits per heavy atom. The van der Waals surface area contributed by atoms with E-state index in [0.717, 1.165) is 38.2 Å². The van der Waals surface area contributed by atoms with Crippen molar-refractivity contribution >= 4 is 34.0 Å². The number of aromatic nitrogens is 4. The molecule has 5 rings (SSSR count). The fourth-order valence-electron chi connectivity index (χ4n) is 4.23. The van der Waals surface area contributed by atoms with Gasteiger partial charge in [-0.15, -0.1) is 11.3 Å². The van der Waals surface area contributed by atoms with Crippen molar-refractivity contribution in [3.8, 4) is 10.4 Å². The zero-order chi connectivity index (χ0) is 23.3. The van der Waals surface area contributed by atoms with Gasteiger partial charge in [-0.2, -0.15) is 0 Å². The number of nitrogens with zero attached hydrogens (tertiary/aromatic N) is 4. The van der Waals surface area contributed by atoms with E-state index in [1.165, 1.54) is 0 Å². The molecule has 4 aromatic heterocycles. The molecule has 0 bridgehead atoms. The van der Waals surface area contributed by atoms with Gasteiger partial charge in [0.05, 0.1) is 18.2 Å². The summed E-state index contributed by atoms with van der Waals surface area (Å²) in [6.45, 7) is 2.04. The average Bonchev–Trinajstić information content (AvgIpc) is 3.44. The van der Waals surface area contributed by atoms with E-state index in [4.69, 9.17) is 22.3 Å². The molecule has 0 aliphatic rings. The van der Waals surface area contributed by atoms with Gasteiger partial charge in [-0.05, 0) is 47.7 Å². The first kappa shape index (κ1) is 21.6. The highest BCUT2D eigenvalue weighted by Crippen LogP contribution is 2.38. The van der Waals surface area contributed by atoms with Crippen LogP contribution in [0.5, 0.6) is 0 Å². The molecule has 0 spiro atoms. The van der Waals surface area contributed by atoms with Crippen molar-refractivity contribution in [1.29, 1.82) is 0 Å². The first-order chi connectivity index (χ1) is 15.8. The van der Waals surface area contributed by atoms with Gasteiger partial charge in [0.1, 0.15) is 11.2 Å². The van der Waals surface area contributed by atoms with Gasteiger partial charge in [0.15, 0.2) is 0 Å². The van der Waals surface area contributed by atoms with Crippen molar-refractivity contribution in [1.82, 2.24) is 19.1 Å². The molecule has 1 atom stereocenters. The van der Waals surface area contributed by atoms with Gasteiger partial charge in [0.2, 0.25) is 0 Å². The Labute approximate surface area is 199 Å². The molecule has 0 saturated heterocycles. The highest BCUT2D eigenvalue weighted by atomic mass is 35.5. The van der Waals surface area contributed by atoms with Gasteiger partial charge in [-0.3, -0.25) is 9.36 Å². The van der Waals surface area contributed by atoms with Crippen LogP contribution in [0.1, 0.15) is 22.4 Å².